The van der Waals surface area contributed by atoms with Crippen molar-refractivity contribution in [3.05, 3.63) is 28.2 Å². The molecule has 1 rings (SSSR count). The molecule has 0 atom stereocenters. The van der Waals surface area contributed by atoms with Crippen molar-refractivity contribution in [3.8, 4) is 0 Å². The Morgan fingerprint density at radius 2 is 2.06 bits per heavy atom. The van der Waals surface area contributed by atoms with Crippen LogP contribution in [0.1, 0.15) is 24.2 Å². The van der Waals surface area contributed by atoms with E-state index in [1.54, 1.807) is 0 Å². The lowest BCUT2D eigenvalue weighted by molar-refractivity contribution is 0.0457. The Hall–Kier alpha value is -0.590. The minimum atomic E-state index is -3.86. The van der Waals surface area contributed by atoms with Gasteiger partial charge in [-0.15, -0.1) is 0 Å². The first-order chi connectivity index (χ1) is 8.21. The smallest absolute Gasteiger partial charge is 0.339 e. The molecule has 0 N–H and O–H groups in total. The van der Waals surface area contributed by atoms with Gasteiger partial charge < -0.3 is 4.74 Å². The van der Waals surface area contributed by atoms with Crippen molar-refractivity contribution in [2.75, 3.05) is 6.61 Å². The van der Waals surface area contributed by atoms with Gasteiger partial charge in [-0.25, -0.2) is 13.2 Å². The average Bonchev–Trinajstić information content (AvgIpc) is 2.24. The van der Waals surface area contributed by atoms with Gasteiger partial charge in [0.1, 0.15) is 0 Å². The number of carbonyl (C=O) groups is 1. The lowest BCUT2D eigenvalue weighted by atomic mass is 10.2. The quantitative estimate of drug-likeness (QED) is 0.615. The average molecular weight is 356 g/mol. The third kappa shape index (κ3) is 4.26. The van der Waals surface area contributed by atoms with Crippen LogP contribution >= 0.6 is 26.6 Å². The van der Waals surface area contributed by atoms with E-state index in [0.717, 1.165) is 0 Å². The molecule has 0 radical (unpaired) electrons. The molecule has 0 heterocycles. The topological polar surface area (TPSA) is 60.4 Å². The molecule has 0 amide bonds. The third-order valence-electron chi connectivity index (χ3n) is 1.99. The van der Waals surface area contributed by atoms with Crippen molar-refractivity contribution in [2.45, 2.75) is 18.7 Å². The Labute approximate surface area is 119 Å². The molecule has 4 nitrogen and oxygen atoms in total. The van der Waals surface area contributed by atoms with Crippen molar-refractivity contribution >= 4 is 41.6 Å². The van der Waals surface area contributed by atoms with Gasteiger partial charge in [0.15, 0.2) is 0 Å². The first-order valence-electron chi connectivity index (χ1n) is 5.13. The van der Waals surface area contributed by atoms with Gasteiger partial charge in [0.05, 0.1) is 17.1 Å². The summed E-state index contributed by atoms with van der Waals surface area (Å²) in [5.74, 6) is -0.384. The fourth-order valence-corrected chi connectivity index (χ4v) is 2.32. The summed E-state index contributed by atoms with van der Waals surface area (Å²) in [6.45, 7) is 4.08. The van der Waals surface area contributed by atoms with Crippen LogP contribution < -0.4 is 0 Å². The number of halogens is 2. The Morgan fingerprint density at radius 1 is 1.44 bits per heavy atom. The van der Waals surface area contributed by atoms with Crippen LogP contribution in [0.15, 0.2) is 27.6 Å². The van der Waals surface area contributed by atoms with Crippen molar-refractivity contribution in [1.29, 1.82) is 0 Å². The summed E-state index contributed by atoms with van der Waals surface area (Å²) in [5, 5.41) is 0. The molecular weight excluding hydrogens is 344 g/mol. The molecule has 0 aromatic heterocycles. The van der Waals surface area contributed by atoms with Gasteiger partial charge in [0, 0.05) is 15.2 Å². The van der Waals surface area contributed by atoms with E-state index in [2.05, 4.69) is 15.9 Å². The van der Waals surface area contributed by atoms with E-state index in [-0.39, 0.29) is 23.0 Å². The van der Waals surface area contributed by atoms with E-state index < -0.39 is 15.0 Å². The minimum Gasteiger partial charge on any atom is -0.462 e. The Kier molecular flexibility index (Phi) is 5.19. The second-order valence-electron chi connectivity index (χ2n) is 4.07. The fraction of sp³-hybridized carbons (Fsp3) is 0.364. The number of esters is 1. The lowest BCUT2D eigenvalue weighted by Crippen LogP contribution is -2.11. The number of carbonyl (C=O) groups excluding carboxylic acids is 1. The van der Waals surface area contributed by atoms with Crippen molar-refractivity contribution in [2.24, 2.45) is 5.92 Å². The molecule has 1 aromatic carbocycles. The molecule has 0 bridgehead atoms. The highest BCUT2D eigenvalue weighted by Gasteiger charge is 2.17. The van der Waals surface area contributed by atoms with Crippen LogP contribution in [0.5, 0.6) is 0 Å². The first kappa shape index (κ1) is 15.5. The molecule has 18 heavy (non-hydrogen) atoms. The summed E-state index contributed by atoms with van der Waals surface area (Å²) in [4.78, 5) is 11.6. The monoisotopic (exact) mass is 354 g/mol. The van der Waals surface area contributed by atoms with Crippen LogP contribution in [0, 0.1) is 5.92 Å². The molecule has 0 aliphatic rings. The zero-order valence-corrected chi connectivity index (χ0v) is 13.0. The summed E-state index contributed by atoms with van der Waals surface area (Å²) < 4.78 is 27.9. The highest BCUT2D eigenvalue weighted by molar-refractivity contribution is 9.10. The maximum absolute atomic E-state index is 11.8. The van der Waals surface area contributed by atoms with Gasteiger partial charge in [-0.05, 0) is 40.0 Å². The summed E-state index contributed by atoms with van der Waals surface area (Å²) in [6.07, 6.45) is 0. The standard InChI is InChI=1S/C11H12BrClO4S/c1-7(2)6-17-11(14)9-5-8(18(13,15)16)3-4-10(9)12/h3-5,7H,6H2,1-2H3. The zero-order valence-electron chi connectivity index (χ0n) is 9.81. The lowest BCUT2D eigenvalue weighted by Gasteiger charge is -2.09. The Bertz CT molecular complexity index is 554. The molecule has 7 heteroatoms. The maximum Gasteiger partial charge on any atom is 0.339 e. The molecule has 0 spiro atoms. The predicted octanol–water partition coefficient (Wildman–Crippen LogP) is 3.19. The zero-order chi connectivity index (χ0) is 13.9. The van der Waals surface area contributed by atoms with Gasteiger partial charge in [-0.3, -0.25) is 0 Å². The van der Waals surface area contributed by atoms with E-state index in [1.807, 2.05) is 13.8 Å². The first-order valence-corrected chi connectivity index (χ1v) is 8.23. The number of rotatable bonds is 4. The number of benzene rings is 1. The highest BCUT2D eigenvalue weighted by atomic mass is 79.9. The SMILES string of the molecule is CC(C)COC(=O)c1cc(S(=O)(=O)Cl)ccc1Br. The molecule has 100 valence electrons. The largest absolute Gasteiger partial charge is 0.462 e. The van der Waals surface area contributed by atoms with Crippen LogP contribution in [-0.2, 0) is 13.8 Å². The van der Waals surface area contributed by atoms with Crippen molar-refractivity contribution in [1.82, 2.24) is 0 Å². The molecule has 0 fully saturated rings. The van der Waals surface area contributed by atoms with E-state index in [1.165, 1.54) is 18.2 Å². The highest BCUT2D eigenvalue weighted by Crippen LogP contribution is 2.24. The van der Waals surface area contributed by atoms with Crippen molar-refractivity contribution in [3.63, 3.8) is 0 Å². The normalized spacial score (nSPS) is 11.6. The number of ether oxygens (including phenoxy) is 1. The molecule has 0 saturated heterocycles. The Morgan fingerprint density at radius 3 is 2.56 bits per heavy atom. The van der Waals surface area contributed by atoms with E-state index in [0.29, 0.717) is 4.47 Å². The molecule has 0 aliphatic carbocycles. The van der Waals surface area contributed by atoms with E-state index >= 15 is 0 Å². The summed E-state index contributed by atoms with van der Waals surface area (Å²) >= 11 is 3.17. The van der Waals surface area contributed by atoms with Crippen LogP contribution in [0.25, 0.3) is 0 Å². The van der Waals surface area contributed by atoms with Crippen LogP contribution in [-0.4, -0.2) is 21.0 Å². The predicted molar refractivity (Wildman–Crippen MR) is 72.3 cm³/mol. The van der Waals surface area contributed by atoms with Crippen molar-refractivity contribution < 1.29 is 17.9 Å². The van der Waals surface area contributed by atoms with Crippen LogP contribution in [0.2, 0.25) is 0 Å². The minimum absolute atomic E-state index is 0.135. The fourth-order valence-electron chi connectivity index (χ4n) is 1.13. The van der Waals surface area contributed by atoms with Gasteiger partial charge in [-0.1, -0.05) is 13.8 Å². The van der Waals surface area contributed by atoms with Gasteiger partial charge in [0.2, 0.25) is 0 Å². The second kappa shape index (κ2) is 6.04. The molecular formula is C11H12BrClO4S. The second-order valence-corrected chi connectivity index (χ2v) is 7.49. The van der Waals surface area contributed by atoms with Gasteiger partial charge >= 0.3 is 5.97 Å². The number of hydrogen-bond donors (Lipinski definition) is 0. The van der Waals surface area contributed by atoms with Gasteiger partial charge in [0.25, 0.3) is 9.05 Å². The summed E-state index contributed by atoms with van der Waals surface area (Å²) in [5.41, 5.74) is 0.136. The van der Waals surface area contributed by atoms with Gasteiger partial charge in [-0.2, -0.15) is 0 Å². The summed E-state index contributed by atoms with van der Waals surface area (Å²) in [6, 6.07) is 3.95. The number of hydrogen-bond acceptors (Lipinski definition) is 4. The molecule has 0 unspecified atom stereocenters. The molecule has 1 aromatic rings. The molecule has 0 aliphatic heterocycles. The van der Waals surface area contributed by atoms with Crippen LogP contribution in [0.4, 0.5) is 0 Å². The third-order valence-corrected chi connectivity index (χ3v) is 4.03. The van der Waals surface area contributed by atoms with Crippen LogP contribution in [0.3, 0.4) is 0 Å². The van der Waals surface area contributed by atoms with E-state index in [9.17, 15) is 13.2 Å². The Balaban J connectivity index is 3.05. The molecule has 0 saturated carbocycles. The maximum atomic E-state index is 11.8. The summed E-state index contributed by atoms with van der Waals surface area (Å²) in [7, 11) is 1.36. The van der Waals surface area contributed by atoms with E-state index in [4.69, 9.17) is 15.4 Å².